The number of amides is 1. The number of nitrogens with two attached hydrogens (primary N) is 1. The number of rotatable bonds is 8. The van der Waals surface area contributed by atoms with Gasteiger partial charge in [0.25, 0.3) is 5.91 Å². The van der Waals surface area contributed by atoms with Gasteiger partial charge in [-0.05, 0) is 18.5 Å². The first-order valence-electron chi connectivity index (χ1n) is 7.74. The number of Topliss-reactive ketones (excluding diaryl/α,β-unsaturated/α-hetero) is 1. The van der Waals surface area contributed by atoms with Crippen molar-refractivity contribution >= 4 is 11.7 Å². The van der Waals surface area contributed by atoms with Crippen molar-refractivity contribution in [3.05, 3.63) is 35.9 Å². The molecule has 0 bridgehead atoms. The van der Waals surface area contributed by atoms with Gasteiger partial charge >= 0.3 is 0 Å². The second-order valence-electron chi connectivity index (χ2n) is 5.64. The van der Waals surface area contributed by atoms with Crippen molar-refractivity contribution in [3.63, 3.8) is 0 Å². The van der Waals surface area contributed by atoms with Crippen LogP contribution in [0.3, 0.4) is 0 Å². The molecule has 6 heteroatoms. The van der Waals surface area contributed by atoms with Crippen molar-refractivity contribution < 1.29 is 19.1 Å². The van der Waals surface area contributed by atoms with Crippen molar-refractivity contribution in [2.45, 2.75) is 24.5 Å². The van der Waals surface area contributed by atoms with Crippen LogP contribution in [0.5, 0.6) is 0 Å². The lowest BCUT2D eigenvalue weighted by molar-refractivity contribution is -0.165. The van der Waals surface area contributed by atoms with Gasteiger partial charge in [0, 0.05) is 27.2 Å². The fourth-order valence-corrected chi connectivity index (χ4v) is 3.04. The molecular formula is C17H24N2O4. The zero-order valence-corrected chi connectivity index (χ0v) is 13.7. The largest absolute Gasteiger partial charge is 0.376 e. The van der Waals surface area contributed by atoms with E-state index in [2.05, 4.69) is 0 Å². The Bertz CT molecular complexity index is 549. The number of hydrogen-bond donors (Lipinski definition) is 1. The second kappa shape index (κ2) is 7.68. The van der Waals surface area contributed by atoms with Crippen molar-refractivity contribution in [1.82, 2.24) is 4.90 Å². The van der Waals surface area contributed by atoms with Gasteiger partial charge in [-0.25, -0.2) is 0 Å². The van der Waals surface area contributed by atoms with Crippen LogP contribution in [0.25, 0.3) is 0 Å². The first-order valence-corrected chi connectivity index (χ1v) is 7.74. The summed E-state index contributed by atoms with van der Waals surface area (Å²) in [6.45, 7) is 1.32. The van der Waals surface area contributed by atoms with Gasteiger partial charge in [0.2, 0.25) is 5.60 Å². The number of carbonyl (C=O) groups is 2. The van der Waals surface area contributed by atoms with Gasteiger partial charge < -0.3 is 20.1 Å². The third-order valence-electron chi connectivity index (χ3n) is 4.30. The summed E-state index contributed by atoms with van der Waals surface area (Å²) in [7, 11) is 2.88. The van der Waals surface area contributed by atoms with Gasteiger partial charge in [0.1, 0.15) is 6.10 Å². The average molecular weight is 320 g/mol. The Morgan fingerprint density at radius 3 is 2.61 bits per heavy atom. The Kier molecular flexibility index (Phi) is 5.87. The van der Waals surface area contributed by atoms with Gasteiger partial charge in [-0.2, -0.15) is 0 Å². The summed E-state index contributed by atoms with van der Waals surface area (Å²) in [5, 5.41) is 0. The van der Waals surface area contributed by atoms with Crippen molar-refractivity contribution in [2.75, 3.05) is 33.9 Å². The molecule has 23 heavy (non-hydrogen) atoms. The number of carbonyl (C=O) groups excluding carboxylic acids is 2. The quantitative estimate of drug-likeness (QED) is 0.701. The summed E-state index contributed by atoms with van der Waals surface area (Å²) in [4.78, 5) is 27.3. The Morgan fingerprint density at radius 1 is 1.35 bits per heavy atom. The molecule has 1 heterocycles. The Morgan fingerprint density at radius 2 is 2.04 bits per heavy atom. The van der Waals surface area contributed by atoms with Crippen LogP contribution in [0, 0.1) is 0 Å². The summed E-state index contributed by atoms with van der Waals surface area (Å²) < 4.78 is 10.9. The predicted octanol–water partition coefficient (Wildman–Crippen LogP) is 0.389. The summed E-state index contributed by atoms with van der Waals surface area (Å²) in [6.07, 6.45) is 0.189. The minimum absolute atomic E-state index is 0.130. The maximum absolute atomic E-state index is 12.9. The first-order chi connectivity index (χ1) is 11.1. The monoisotopic (exact) mass is 320 g/mol. The number of hydrogen-bond acceptors (Lipinski definition) is 5. The van der Waals surface area contributed by atoms with E-state index >= 15 is 0 Å². The molecule has 0 aliphatic carbocycles. The summed E-state index contributed by atoms with van der Waals surface area (Å²) >= 11 is 0. The number of ketones is 1. The van der Waals surface area contributed by atoms with Gasteiger partial charge in [0.05, 0.1) is 6.54 Å². The smallest absolute Gasteiger partial charge is 0.265 e. The highest BCUT2D eigenvalue weighted by Crippen LogP contribution is 2.31. The third-order valence-corrected chi connectivity index (χ3v) is 4.30. The van der Waals surface area contributed by atoms with Gasteiger partial charge in [-0.3, -0.25) is 9.59 Å². The molecule has 1 saturated heterocycles. The molecule has 0 radical (unpaired) electrons. The van der Waals surface area contributed by atoms with Crippen LogP contribution in [-0.2, 0) is 25.5 Å². The number of likely N-dealkylation sites (tertiary alicyclic amines) is 1. The molecule has 1 aromatic carbocycles. The molecule has 0 aromatic heterocycles. The molecule has 1 amide bonds. The molecule has 2 unspecified atom stereocenters. The number of nitrogens with zero attached hydrogens (tertiary/aromatic N) is 1. The Hall–Kier alpha value is -1.76. The van der Waals surface area contributed by atoms with E-state index in [0.29, 0.717) is 26.1 Å². The number of benzene rings is 1. The molecule has 1 fully saturated rings. The van der Waals surface area contributed by atoms with E-state index in [9.17, 15) is 9.59 Å². The van der Waals surface area contributed by atoms with Gasteiger partial charge in [-0.1, -0.05) is 30.3 Å². The Balaban J connectivity index is 2.25. The summed E-state index contributed by atoms with van der Waals surface area (Å²) in [5.74, 6) is -0.612. The van der Waals surface area contributed by atoms with Crippen LogP contribution < -0.4 is 5.73 Å². The number of ether oxygens (including phenoxy) is 2. The number of methoxy groups -OCH3 is 2. The van der Waals surface area contributed by atoms with E-state index in [1.807, 2.05) is 30.3 Å². The molecule has 2 N–H and O–H groups in total. The minimum Gasteiger partial charge on any atom is -0.376 e. The van der Waals surface area contributed by atoms with Crippen molar-refractivity contribution in [2.24, 2.45) is 5.73 Å². The maximum atomic E-state index is 12.9. The fourth-order valence-electron chi connectivity index (χ4n) is 3.04. The average Bonchev–Trinajstić information content (AvgIpc) is 2.86. The molecule has 1 aliphatic rings. The van der Waals surface area contributed by atoms with Crippen LogP contribution in [-0.4, -0.2) is 62.1 Å². The van der Waals surface area contributed by atoms with Gasteiger partial charge in [0.15, 0.2) is 5.78 Å². The van der Waals surface area contributed by atoms with Crippen LogP contribution >= 0.6 is 0 Å². The lowest BCUT2D eigenvalue weighted by atomic mass is 9.89. The SMILES string of the molecule is COC1CN(CCCN)C(=O)C1(OC)C(=O)Cc1ccccc1. The molecule has 126 valence electrons. The zero-order valence-electron chi connectivity index (χ0n) is 13.7. The third kappa shape index (κ3) is 3.29. The van der Waals surface area contributed by atoms with E-state index in [1.165, 1.54) is 14.2 Å². The highest BCUT2D eigenvalue weighted by molar-refractivity contribution is 6.12. The Labute approximate surface area is 136 Å². The molecular weight excluding hydrogens is 296 g/mol. The van der Waals surface area contributed by atoms with Crippen molar-refractivity contribution in [3.8, 4) is 0 Å². The topological polar surface area (TPSA) is 81.9 Å². The van der Waals surface area contributed by atoms with Crippen LogP contribution in [0.15, 0.2) is 30.3 Å². The molecule has 0 spiro atoms. The van der Waals surface area contributed by atoms with Crippen LogP contribution in [0.1, 0.15) is 12.0 Å². The lowest BCUT2D eigenvalue weighted by Gasteiger charge is -2.29. The normalized spacial score (nSPS) is 24.2. The van der Waals surface area contributed by atoms with Crippen molar-refractivity contribution in [1.29, 1.82) is 0 Å². The molecule has 6 nitrogen and oxygen atoms in total. The van der Waals surface area contributed by atoms with E-state index in [-0.39, 0.29) is 18.1 Å². The fraction of sp³-hybridized carbons (Fsp3) is 0.529. The van der Waals surface area contributed by atoms with E-state index in [4.69, 9.17) is 15.2 Å². The van der Waals surface area contributed by atoms with Gasteiger partial charge in [-0.15, -0.1) is 0 Å². The zero-order chi connectivity index (χ0) is 16.9. The summed E-state index contributed by atoms with van der Waals surface area (Å²) in [5.41, 5.74) is 4.79. The van der Waals surface area contributed by atoms with E-state index in [0.717, 1.165) is 5.56 Å². The highest BCUT2D eigenvalue weighted by atomic mass is 16.6. The van der Waals surface area contributed by atoms with Crippen LogP contribution in [0.2, 0.25) is 0 Å². The van der Waals surface area contributed by atoms with Crippen LogP contribution in [0.4, 0.5) is 0 Å². The molecule has 2 rings (SSSR count). The highest BCUT2D eigenvalue weighted by Gasteiger charge is 2.59. The molecule has 1 aromatic rings. The first kappa shape index (κ1) is 17.6. The molecule has 1 aliphatic heterocycles. The standard InChI is InChI=1S/C17H24N2O4/c1-22-15-12-19(10-6-9-18)16(21)17(15,23-2)14(20)11-13-7-4-3-5-8-13/h3-5,7-8,15H,6,9-12,18H2,1-2H3. The second-order valence-corrected chi connectivity index (χ2v) is 5.64. The molecule has 2 atom stereocenters. The van der Waals surface area contributed by atoms with E-state index in [1.54, 1.807) is 4.90 Å². The summed E-state index contributed by atoms with van der Waals surface area (Å²) in [6, 6.07) is 9.32. The molecule has 0 saturated carbocycles. The lowest BCUT2D eigenvalue weighted by Crippen LogP contribution is -2.55. The maximum Gasteiger partial charge on any atom is 0.265 e. The predicted molar refractivity (Wildman–Crippen MR) is 85.9 cm³/mol. The van der Waals surface area contributed by atoms with E-state index < -0.39 is 11.7 Å². The minimum atomic E-state index is -1.57.